The van der Waals surface area contributed by atoms with Crippen LogP contribution in [0.5, 0.6) is 0 Å². The third-order valence-corrected chi connectivity index (χ3v) is 7.16. The van der Waals surface area contributed by atoms with Crippen LogP contribution in [0.15, 0.2) is 60.8 Å². The Morgan fingerprint density at radius 1 is 1.11 bits per heavy atom. The van der Waals surface area contributed by atoms with Crippen LogP contribution in [0.2, 0.25) is 0 Å². The van der Waals surface area contributed by atoms with Gasteiger partial charge >= 0.3 is 5.97 Å². The van der Waals surface area contributed by atoms with E-state index in [-0.39, 0.29) is 36.0 Å². The molecule has 0 bridgehead atoms. The molecule has 7 nitrogen and oxygen atoms in total. The first-order chi connectivity index (χ1) is 17.6. The molecular formula is C28H33FN4O3S. The number of esters is 1. The van der Waals surface area contributed by atoms with Gasteiger partial charge in [-0.25, -0.2) is 9.37 Å². The Morgan fingerprint density at radius 2 is 1.76 bits per heavy atom. The summed E-state index contributed by atoms with van der Waals surface area (Å²) in [7, 11) is 0. The zero-order valence-electron chi connectivity index (χ0n) is 21.4. The first kappa shape index (κ1) is 28.1. The van der Waals surface area contributed by atoms with E-state index in [0.717, 1.165) is 0 Å². The Morgan fingerprint density at radius 3 is 2.38 bits per heavy atom. The summed E-state index contributed by atoms with van der Waals surface area (Å²) in [5.41, 5.74) is 4.64. The van der Waals surface area contributed by atoms with Crippen molar-refractivity contribution in [2.45, 2.75) is 57.7 Å². The predicted molar refractivity (Wildman–Crippen MR) is 146 cm³/mol. The number of hydrogen-bond donors (Lipinski definition) is 2. The topological polar surface area (TPSA) is 107 Å². The summed E-state index contributed by atoms with van der Waals surface area (Å²) in [5, 5.41) is 2.98. The number of aromatic nitrogens is 2. The maximum atomic E-state index is 16.9. The summed E-state index contributed by atoms with van der Waals surface area (Å²) in [6, 6.07) is 16.3. The van der Waals surface area contributed by atoms with Crippen molar-refractivity contribution in [2.24, 2.45) is 11.7 Å². The van der Waals surface area contributed by atoms with Crippen LogP contribution < -0.4 is 11.1 Å². The molecule has 0 saturated heterocycles. The fraction of sp³-hybridized carbons (Fsp3) is 0.393. The summed E-state index contributed by atoms with van der Waals surface area (Å²) >= 11 is 5.20. The third-order valence-electron chi connectivity index (χ3n) is 6.83. The van der Waals surface area contributed by atoms with Crippen LogP contribution in [-0.2, 0) is 15.1 Å². The number of amides is 1. The van der Waals surface area contributed by atoms with Gasteiger partial charge in [-0.05, 0) is 50.3 Å². The smallest absolute Gasteiger partial charge is 0.302 e. The molecule has 1 amide bonds. The number of thiocarbonyl (C=S) groups is 1. The van der Waals surface area contributed by atoms with Gasteiger partial charge in [0.1, 0.15) is 11.4 Å². The van der Waals surface area contributed by atoms with Crippen molar-refractivity contribution in [3.8, 4) is 0 Å². The van der Waals surface area contributed by atoms with Gasteiger partial charge in [0.05, 0.1) is 34.4 Å². The van der Waals surface area contributed by atoms with Crippen molar-refractivity contribution in [1.29, 1.82) is 0 Å². The number of nitrogens with one attached hydrogen (secondary N) is 1. The lowest BCUT2D eigenvalue weighted by Crippen LogP contribution is -2.58. The van der Waals surface area contributed by atoms with E-state index >= 15 is 4.39 Å². The number of alkyl halides is 1. The number of ether oxygens (including phenoxy) is 1. The van der Waals surface area contributed by atoms with Crippen LogP contribution in [-0.4, -0.2) is 39.1 Å². The molecule has 0 spiro atoms. The Balaban J connectivity index is 1.91. The molecule has 0 fully saturated rings. The van der Waals surface area contributed by atoms with Crippen molar-refractivity contribution >= 4 is 40.1 Å². The van der Waals surface area contributed by atoms with E-state index in [1.54, 1.807) is 18.2 Å². The number of para-hydroxylation sites is 2. The lowest BCUT2D eigenvalue weighted by molar-refractivity contribution is -0.141. The Hall–Kier alpha value is -3.46. The number of carbonyl (C=O) groups is 2. The van der Waals surface area contributed by atoms with Crippen LogP contribution in [0.1, 0.15) is 62.5 Å². The Bertz CT molecular complexity index is 1250. The number of rotatable bonds is 12. The minimum absolute atomic E-state index is 0.0570. The van der Waals surface area contributed by atoms with E-state index in [9.17, 15) is 9.59 Å². The van der Waals surface area contributed by atoms with Gasteiger partial charge in [-0.2, -0.15) is 0 Å². The van der Waals surface area contributed by atoms with Crippen molar-refractivity contribution in [2.75, 3.05) is 6.61 Å². The van der Waals surface area contributed by atoms with Gasteiger partial charge < -0.3 is 15.8 Å². The number of benzene rings is 2. The van der Waals surface area contributed by atoms with Crippen LogP contribution in [0.3, 0.4) is 0 Å². The highest BCUT2D eigenvalue weighted by atomic mass is 32.1. The van der Waals surface area contributed by atoms with Gasteiger partial charge in [0.15, 0.2) is 0 Å². The summed E-state index contributed by atoms with van der Waals surface area (Å²) in [6.45, 7) is 4.79. The fourth-order valence-corrected chi connectivity index (χ4v) is 4.88. The summed E-state index contributed by atoms with van der Waals surface area (Å²) in [5.74, 6) is -1.24. The van der Waals surface area contributed by atoms with Gasteiger partial charge in [0.2, 0.25) is 0 Å². The molecule has 3 rings (SSSR count). The second-order valence-corrected chi connectivity index (χ2v) is 9.76. The molecule has 196 valence electrons. The number of fused-ring (bicyclic) bond motifs is 1. The molecule has 0 aliphatic carbocycles. The summed E-state index contributed by atoms with van der Waals surface area (Å²) in [4.78, 5) is 33.6. The van der Waals surface area contributed by atoms with E-state index in [0.29, 0.717) is 29.4 Å². The molecule has 3 N–H and O–H groups in total. The minimum Gasteiger partial charge on any atom is -0.466 e. The highest BCUT2D eigenvalue weighted by Gasteiger charge is 2.50. The zero-order chi connectivity index (χ0) is 27.1. The zero-order valence-corrected chi connectivity index (χ0v) is 22.2. The molecule has 37 heavy (non-hydrogen) atoms. The fourth-order valence-electron chi connectivity index (χ4n) is 4.64. The van der Waals surface area contributed by atoms with E-state index in [1.807, 2.05) is 43.3 Å². The third kappa shape index (κ3) is 6.65. The van der Waals surface area contributed by atoms with E-state index in [4.69, 9.17) is 22.7 Å². The monoisotopic (exact) mass is 524 g/mol. The van der Waals surface area contributed by atoms with Gasteiger partial charge in [-0.15, -0.1) is 0 Å². The van der Waals surface area contributed by atoms with Crippen LogP contribution in [0.4, 0.5) is 4.39 Å². The summed E-state index contributed by atoms with van der Waals surface area (Å²) < 4.78 is 21.9. The van der Waals surface area contributed by atoms with E-state index < -0.39 is 23.1 Å². The Labute approximate surface area is 222 Å². The van der Waals surface area contributed by atoms with Crippen molar-refractivity contribution in [3.63, 3.8) is 0 Å². The number of nitrogens with two attached hydrogens (primary N) is 1. The molecule has 1 aromatic heterocycles. The molecule has 0 aliphatic rings. The first-order valence-electron chi connectivity index (χ1n) is 12.3. The lowest BCUT2D eigenvalue weighted by Gasteiger charge is -2.44. The molecule has 9 heteroatoms. The van der Waals surface area contributed by atoms with Gasteiger partial charge in [0.25, 0.3) is 5.91 Å². The standard InChI is InChI=1S/C28H33FN4O3S/c1-4-28(21-10-6-5-7-11-21,27(3,29)16-14-20(25(30)37)15-17-36-19(2)34)33-26(35)24-18-31-22-12-8-9-13-23(22)32-24/h5-13,18,20H,4,14-17H2,1-3H3,(H2,30,37)(H,33,35). The average Bonchev–Trinajstić information content (AvgIpc) is 2.88. The number of nitrogens with zero attached hydrogens (tertiary/aromatic N) is 2. The second kappa shape index (κ2) is 12.2. The average molecular weight is 525 g/mol. The van der Waals surface area contributed by atoms with Crippen LogP contribution in [0.25, 0.3) is 11.0 Å². The molecule has 0 radical (unpaired) electrons. The normalized spacial score (nSPS) is 15.2. The van der Waals surface area contributed by atoms with Gasteiger partial charge in [0, 0.05) is 12.8 Å². The quantitative estimate of drug-likeness (QED) is 0.253. The molecular weight excluding hydrogens is 491 g/mol. The number of carbonyl (C=O) groups excluding carboxylic acids is 2. The van der Waals surface area contributed by atoms with E-state index in [2.05, 4.69) is 15.3 Å². The SMILES string of the molecule is CCC(NC(=O)c1cnc2ccccc2n1)(c1ccccc1)C(C)(F)CCC(CCOC(C)=O)C(N)=S. The summed E-state index contributed by atoms with van der Waals surface area (Å²) in [6.07, 6.45) is 2.46. The first-order valence-corrected chi connectivity index (χ1v) is 12.7. The Kier molecular flexibility index (Phi) is 9.26. The molecule has 0 aliphatic heterocycles. The highest BCUT2D eigenvalue weighted by Crippen LogP contribution is 2.43. The van der Waals surface area contributed by atoms with Crippen LogP contribution in [0, 0.1) is 5.92 Å². The maximum absolute atomic E-state index is 16.9. The molecule has 3 aromatic rings. The maximum Gasteiger partial charge on any atom is 0.302 e. The van der Waals surface area contributed by atoms with Crippen LogP contribution >= 0.6 is 12.2 Å². The molecule has 1 heterocycles. The van der Waals surface area contributed by atoms with E-state index in [1.165, 1.54) is 20.0 Å². The highest BCUT2D eigenvalue weighted by molar-refractivity contribution is 7.80. The minimum atomic E-state index is -1.90. The van der Waals surface area contributed by atoms with Crippen molar-refractivity contribution < 1.29 is 18.7 Å². The van der Waals surface area contributed by atoms with Crippen molar-refractivity contribution in [3.05, 3.63) is 72.1 Å². The van der Waals surface area contributed by atoms with Gasteiger partial charge in [-0.3, -0.25) is 14.6 Å². The molecule has 3 atom stereocenters. The molecule has 3 unspecified atom stereocenters. The van der Waals surface area contributed by atoms with Crippen molar-refractivity contribution in [1.82, 2.24) is 15.3 Å². The number of hydrogen-bond acceptors (Lipinski definition) is 6. The second-order valence-electron chi connectivity index (χ2n) is 9.29. The molecule has 2 aromatic carbocycles. The number of halogens is 1. The lowest BCUT2D eigenvalue weighted by atomic mass is 9.71. The van der Waals surface area contributed by atoms with Gasteiger partial charge in [-0.1, -0.05) is 61.6 Å². The molecule has 0 saturated carbocycles. The largest absolute Gasteiger partial charge is 0.466 e. The predicted octanol–water partition coefficient (Wildman–Crippen LogP) is 5.03.